The summed E-state index contributed by atoms with van der Waals surface area (Å²) >= 11 is 0. The molecule has 1 fully saturated rings. The molecule has 0 aliphatic carbocycles. The van der Waals surface area contributed by atoms with Gasteiger partial charge in [0.2, 0.25) is 0 Å². The average Bonchev–Trinajstić information content (AvgIpc) is 2.13. The quantitative estimate of drug-likeness (QED) is 0.553. The van der Waals surface area contributed by atoms with E-state index in [0.717, 1.165) is 5.06 Å². The minimum atomic E-state index is -0.991. The van der Waals surface area contributed by atoms with Crippen LogP contribution >= 0.6 is 0 Å². The van der Waals surface area contributed by atoms with Gasteiger partial charge in [0.15, 0.2) is 0 Å². The van der Waals surface area contributed by atoms with Gasteiger partial charge < -0.3 is 9.94 Å². The number of hydrogen-bond donors (Lipinski definition) is 1. The van der Waals surface area contributed by atoms with Crippen LogP contribution in [0, 0.1) is 0 Å². The molecule has 0 radical (unpaired) electrons. The van der Waals surface area contributed by atoms with E-state index < -0.39 is 5.97 Å². The lowest BCUT2D eigenvalue weighted by Gasteiger charge is -2.07. The normalized spacial score (nSPS) is 19.0. The minimum Gasteiger partial charge on any atom is -0.480 e. The Hall–Kier alpha value is -1.10. The standard InChI is InChI=1S/C5H7NO4/c7-4(8)3-6-2-1-5(9)10-6/h1-3H2,(H,7,8). The zero-order chi connectivity index (χ0) is 7.56. The molecule has 0 atom stereocenters. The van der Waals surface area contributed by atoms with Crippen molar-refractivity contribution in [1.29, 1.82) is 0 Å². The first-order valence-electron chi connectivity index (χ1n) is 2.86. The Bertz CT molecular complexity index is 167. The molecule has 10 heavy (non-hydrogen) atoms. The molecule has 5 heteroatoms. The topological polar surface area (TPSA) is 66.8 Å². The lowest BCUT2D eigenvalue weighted by Crippen LogP contribution is -2.25. The first-order valence-corrected chi connectivity index (χ1v) is 2.86. The van der Waals surface area contributed by atoms with Crippen LogP contribution in [0.4, 0.5) is 0 Å². The van der Waals surface area contributed by atoms with Gasteiger partial charge in [-0.25, -0.2) is 0 Å². The van der Waals surface area contributed by atoms with Crippen LogP contribution in [0.1, 0.15) is 6.42 Å². The van der Waals surface area contributed by atoms with Crippen molar-refractivity contribution in [3.8, 4) is 0 Å². The van der Waals surface area contributed by atoms with E-state index in [9.17, 15) is 9.59 Å². The molecular formula is C5H7NO4. The number of hydroxylamine groups is 2. The van der Waals surface area contributed by atoms with Crippen molar-refractivity contribution in [3.05, 3.63) is 0 Å². The Labute approximate surface area is 57.1 Å². The summed E-state index contributed by atoms with van der Waals surface area (Å²) in [5, 5.41) is 9.36. The maximum atomic E-state index is 10.4. The van der Waals surface area contributed by atoms with E-state index in [2.05, 4.69) is 4.84 Å². The molecule has 1 N–H and O–H groups in total. The first kappa shape index (κ1) is 7.01. The van der Waals surface area contributed by atoms with E-state index in [-0.39, 0.29) is 18.9 Å². The molecule has 1 saturated heterocycles. The third kappa shape index (κ3) is 1.70. The summed E-state index contributed by atoms with van der Waals surface area (Å²) in [7, 11) is 0. The third-order valence-corrected chi connectivity index (χ3v) is 1.11. The highest BCUT2D eigenvalue weighted by Gasteiger charge is 2.22. The van der Waals surface area contributed by atoms with E-state index in [1.54, 1.807) is 0 Å². The fourth-order valence-electron chi connectivity index (χ4n) is 0.713. The fourth-order valence-corrected chi connectivity index (χ4v) is 0.713. The van der Waals surface area contributed by atoms with Gasteiger partial charge in [-0.1, -0.05) is 0 Å². The molecule has 5 nitrogen and oxygen atoms in total. The van der Waals surface area contributed by atoms with Gasteiger partial charge in [-0.05, 0) is 0 Å². The van der Waals surface area contributed by atoms with Crippen LogP contribution in [0.3, 0.4) is 0 Å². The van der Waals surface area contributed by atoms with Gasteiger partial charge in [0.1, 0.15) is 6.54 Å². The van der Waals surface area contributed by atoms with E-state index in [0.29, 0.717) is 6.54 Å². The van der Waals surface area contributed by atoms with Crippen LogP contribution in [-0.2, 0) is 14.4 Å². The third-order valence-electron chi connectivity index (χ3n) is 1.11. The van der Waals surface area contributed by atoms with Gasteiger partial charge in [0.05, 0.1) is 6.42 Å². The number of carbonyl (C=O) groups is 2. The lowest BCUT2D eigenvalue weighted by atomic mass is 10.4. The number of nitrogens with zero attached hydrogens (tertiary/aromatic N) is 1. The summed E-state index contributed by atoms with van der Waals surface area (Å²) < 4.78 is 0. The molecule has 1 aliphatic rings. The number of carbonyl (C=O) groups excluding carboxylic acids is 1. The van der Waals surface area contributed by atoms with Crippen molar-refractivity contribution in [1.82, 2.24) is 5.06 Å². The number of aliphatic carboxylic acids is 1. The van der Waals surface area contributed by atoms with E-state index in [1.165, 1.54) is 0 Å². The van der Waals surface area contributed by atoms with Gasteiger partial charge in [0, 0.05) is 6.54 Å². The minimum absolute atomic E-state index is 0.230. The van der Waals surface area contributed by atoms with Crippen molar-refractivity contribution in [2.45, 2.75) is 6.42 Å². The molecule has 1 aliphatic heterocycles. The fraction of sp³-hybridized carbons (Fsp3) is 0.600. The second-order valence-corrected chi connectivity index (χ2v) is 1.97. The van der Waals surface area contributed by atoms with Gasteiger partial charge in [-0.3, -0.25) is 9.59 Å². The molecular weight excluding hydrogens is 138 g/mol. The van der Waals surface area contributed by atoms with Crippen molar-refractivity contribution in [2.24, 2.45) is 0 Å². The predicted octanol–water partition coefficient (Wildman–Crippen LogP) is -0.765. The summed E-state index contributed by atoms with van der Waals surface area (Å²) in [5.74, 6) is -1.35. The Balaban J connectivity index is 2.31. The van der Waals surface area contributed by atoms with Crippen LogP contribution in [0.15, 0.2) is 0 Å². The largest absolute Gasteiger partial charge is 0.480 e. The summed E-state index contributed by atoms with van der Waals surface area (Å²) in [6, 6.07) is 0. The van der Waals surface area contributed by atoms with Crippen molar-refractivity contribution < 1.29 is 19.5 Å². The number of carboxylic acid groups (broad SMARTS) is 1. The van der Waals surface area contributed by atoms with Crippen molar-refractivity contribution in [2.75, 3.05) is 13.1 Å². The molecule has 0 unspecified atom stereocenters. The highest BCUT2D eigenvalue weighted by Crippen LogP contribution is 2.04. The van der Waals surface area contributed by atoms with Gasteiger partial charge >= 0.3 is 11.9 Å². The molecule has 1 rings (SSSR count). The van der Waals surface area contributed by atoms with Crippen molar-refractivity contribution in [3.63, 3.8) is 0 Å². The molecule has 0 aromatic heterocycles. The Morgan fingerprint density at radius 3 is 2.90 bits per heavy atom. The Morgan fingerprint density at radius 1 is 1.80 bits per heavy atom. The Morgan fingerprint density at radius 2 is 2.50 bits per heavy atom. The molecule has 0 aromatic carbocycles. The van der Waals surface area contributed by atoms with E-state index in [4.69, 9.17) is 5.11 Å². The van der Waals surface area contributed by atoms with E-state index in [1.807, 2.05) is 0 Å². The van der Waals surface area contributed by atoms with Gasteiger partial charge in [0.25, 0.3) is 0 Å². The molecule has 0 amide bonds. The zero-order valence-corrected chi connectivity index (χ0v) is 5.24. The second-order valence-electron chi connectivity index (χ2n) is 1.97. The molecule has 0 aromatic rings. The maximum absolute atomic E-state index is 10.4. The highest BCUT2D eigenvalue weighted by atomic mass is 16.7. The monoisotopic (exact) mass is 145 g/mol. The molecule has 56 valence electrons. The van der Waals surface area contributed by atoms with Gasteiger partial charge in [-0.2, -0.15) is 0 Å². The highest BCUT2D eigenvalue weighted by molar-refractivity contribution is 5.73. The number of hydrogen-bond acceptors (Lipinski definition) is 4. The maximum Gasteiger partial charge on any atom is 0.326 e. The summed E-state index contributed by atoms with van der Waals surface area (Å²) in [4.78, 5) is 24.9. The molecule has 0 spiro atoms. The van der Waals surface area contributed by atoms with Gasteiger partial charge in [-0.15, -0.1) is 5.06 Å². The second kappa shape index (κ2) is 2.66. The van der Waals surface area contributed by atoms with Crippen molar-refractivity contribution >= 4 is 11.9 Å². The van der Waals surface area contributed by atoms with Crippen LogP contribution in [0.25, 0.3) is 0 Å². The number of carboxylic acids is 1. The summed E-state index contributed by atoms with van der Waals surface area (Å²) in [6.07, 6.45) is 0.285. The molecule has 0 bridgehead atoms. The van der Waals surface area contributed by atoms with Crippen LogP contribution < -0.4 is 0 Å². The molecule has 0 saturated carbocycles. The lowest BCUT2D eigenvalue weighted by molar-refractivity contribution is -0.174. The molecule has 1 heterocycles. The van der Waals surface area contributed by atoms with Crippen LogP contribution in [0.2, 0.25) is 0 Å². The summed E-state index contributed by atoms with van der Waals surface area (Å²) in [5.41, 5.74) is 0. The first-order chi connectivity index (χ1) is 4.68. The summed E-state index contributed by atoms with van der Waals surface area (Å²) in [6.45, 7) is 0.150. The van der Waals surface area contributed by atoms with E-state index >= 15 is 0 Å². The number of rotatable bonds is 2. The van der Waals surface area contributed by atoms with Crippen LogP contribution in [-0.4, -0.2) is 35.2 Å². The zero-order valence-electron chi connectivity index (χ0n) is 5.24. The average molecular weight is 145 g/mol. The smallest absolute Gasteiger partial charge is 0.326 e. The predicted molar refractivity (Wildman–Crippen MR) is 29.9 cm³/mol. The SMILES string of the molecule is O=C(O)CN1CCC(=O)O1. The van der Waals surface area contributed by atoms with Crippen LogP contribution in [0.5, 0.6) is 0 Å². The Kier molecular flexibility index (Phi) is 1.86.